The summed E-state index contributed by atoms with van der Waals surface area (Å²) in [5.41, 5.74) is 0.987. The minimum absolute atomic E-state index is 0.113. The maximum atomic E-state index is 10.6. The first-order valence-electron chi connectivity index (χ1n) is 4.35. The molecule has 0 atom stereocenters. The third-order valence-electron chi connectivity index (χ3n) is 2.07. The average molecular weight is 262 g/mol. The molecule has 0 radical (unpaired) electrons. The Labute approximate surface area is 101 Å². The molecule has 1 heterocycles. The van der Waals surface area contributed by atoms with Crippen LogP contribution >= 0.6 is 35.1 Å². The lowest BCUT2D eigenvalue weighted by Gasteiger charge is -2.09. The fourth-order valence-electron chi connectivity index (χ4n) is 1.36. The Bertz CT molecular complexity index is 394. The second kappa shape index (κ2) is 4.63. The quantitative estimate of drug-likeness (QED) is 0.601. The van der Waals surface area contributed by atoms with Gasteiger partial charge in [0.2, 0.25) is 0 Å². The van der Waals surface area contributed by atoms with Gasteiger partial charge in [-0.05, 0) is 6.07 Å². The van der Waals surface area contributed by atoms with E-state index in [0.29, 0.717) is 5.02 Å². The third kappa shape index (κ3) is 2.41. The van der Waals surface area contributed by atoms with Gasteiger partial charge in [0.05, 0.1) is 9.51 Å². The number of benzene rings is 1. The predicted molar refractivity (Wildman–Crippen MR) is 65.8 cm³/mol. The summed E-state index contributed by atoms with van der Waals surface area (Å²) in [5, 5.41) is 11.2. The third-order valence-corrected chi connectivity index (χ3v) is 5.48. The van der Waals surface area contributed by atoms with Crippen LogP contribution in [0.4, 0.5) is 5.69 Å². The number of nitrogens with zero attached hydrogens (tertiary/aromatic N) is 1. The summed E-state index contributed by atoms with van der Waals surface area (Å²) in [6.07, 6.45) is 0. The van der Waals surface area contributed by atoms with Crippen LogP contribution in [0.1, 0.15) is 10.1 Å². The van der Waals surface area contributed by atoms with Crippen LogP contribution in [0.3, 0.4) is 0 Å². The van der Waals surface area contributed by atoms with Gasteiger partial charge < -0.3 is 0 Å². The molecule has 1 aliphatic heterocycles. The standard InChI is InChI=1S/C9H8ClNO2S2/c10-8-2-1-6(11(12)13)5-7(8)9-14-3-4-15-9/h1-2,5,9H,3-4H2. The summed E-state index contributed by atoms with van der Waals surface area (Å²) in [5.74, 6) is 2.16. The molecule has 1 aromatic rings. The van der Waals surface area contributed by atoms with Crippen molar-refractivity contribution in [1.29, 1.82) is 0 Å². The Morgan fingerprint density at radius 2 is 2.07 bits per heavy atom. The average Bonchev–Trinajstić information content (AvgIpc) is 2.71. The maximum Gasteiger partial charge on any atom is 0.269 e. The van der Waals surface area contributed by atoms with Crippen LogP contribution in [0.25, 0.3) is 0 Å². The molecule has 0 aliphatic carbocycles. The fourth-order valence-corrected chi connectivity index (χ4v) is 4.63. The molecule has 0 bridgehead atoms. The highest BCUT2D eigenvalue weighted by atomic mass is 35.5. The van der Waals surface area contributed by atoms with E-state index in [1.807, 2.05) is 0 Å². The van der Waals surface area contributed by atoms with E-state index in [4.69, 9.17) is 11.6 Å². The normalized spacial score (nSPS) is 16.9. The van der Waals surface area contributed by atoms with Crippen LogP contribution in [0.15, 0.2) is 18.2 Å². The van der Waals surface area contributed by atoms with E-state index in [9.17, 15) is 10.1 Å². The summed E-state index contributed by atoms with van der Waals surface area (Å²) in [4.78, 5) is 10.2. The number of nitro benzene ring substituents is 1. The summed E-state index contributed by atoms with van der Waals surface area (Å²) in [7, 11) is 0. The molecule has 0 spiro atoms. The van der Waals surface area contributed by atoms with Crippen molar-refractivity contribution in [1.82, 2.24) is 0 Å². The summed E-state index contributed by atoms with van der Waals surface area (Å²) in [6.45, 7) is 0. The molecule has 1 aromatic carbocycles. The van der Waals surface area contributed by atoms with Crippen molar-refractivity contribution >= 4 is 40.8 Å². The van der Waals surface area contributed by atoms with Crippen molar-refractivity contribution in [3.8, 4) is 0 Å². The van der Waals surface area contributed by atoms with E-state index in [-0.39, 0.29) is 15.2 Å². The van der Waals surface area contributed by atoms with Crippen LogP contribution in [0, 0.1) is 10.1 Å². The Balaban J connectivity index is 2.35. The van der Waals surface area contributed by atoms with Gasteiger partial charge in [0.15, 0.2) is 0 Å². The number of rotatable bonds is 2. The van der Waals surface area contributed by atoms with Gasteiger partial charge in [0.1, 0.15) is 0 Å². The van der Waals surface area contributed by atoms with Gasteiger partial charge in [-0.1, -0.05) is 11.6 Å². The number of hydrogen-bond acceptors (Lipinski definition) is 4. The lowest BCUT2D eigenvalue weighted by Crippen LogP contribution is -1.92. The van der Waals surface area contributed by atoms with Crippen LogP contribution in [0.2, 0.25) is 5.02 Å². The number of halogens is 1. The van der Waals surface area contributed by atoms with Gasteiger partial charge in [-0.25, -0.2) is 0 Å². The summed E-state index contributed by atoms with van der Waals surface area (Å²) >= 11 is 9.60. The minimum atomic E-state index is -0.385. The van der Waals surface area contributed by atoms with Gasteiger partial charge >= 0.3 is 0 Å². The van der Waals surface area contributed by atoms with E-state index in [0.717, 1.165) is 17.1 Å². The van der Waals surface area contributed by atoms with E-state index < -0.39 is 0 Å². The maximum absolute atomic E-state index is 10.6. The van der Waals surface area contributed by atoms with Crippen LogP contribution < -0.4 is 0 Å². The zero-order valence-electron chi connectivity index (χ0n) is 7.68. The molecule has 0 amide bonds. The Morgan fingerprint density at radius 1 is 1.40 bits per heavy atom. The molecule has 3 nitrogen and oxygen atoms in total. The molecule has 6 heteroatoms. The lowest BCUT2D eigenvalue weighted by molar-refractivity contribution is -0.384. The second-order valence-corrected chi connectivity index (χ2v) is 6.17. The largest absolute Gasteiger partial charge is 0.269 e. The molecular formula is C9H8ClNO2S2. The molecule has 1 aliphatic rings. The van der Waals surface area contributed by atoms with E-state index in [2.05, 4.69) is 0 Å². The highest BCUT2D eigenvalue weighted by molar-refractivity contribution is 8.19. The first-order chi connectivity index (χ1) is 7.18. The van der Waals surface area contributed by atoms with Crippen molar-refractivity contribution in [3.63, 3.8) is 0 Å². The molecule has 15 heavy (non-hydrogen) atoms. The molecule has 1 fully saturated rings. The highest BCUT2D eigenvalue weighted by Crippen LogP contribution is 2.48. The Hall–Kier alpha value is -0.390. The number of thioether (sulfide) groups is 2. The number of hydrogen-bond donors (Lipinski definition) is 0. The zero-order valence-corrected chi connectivity index (χ0v) is 10.1. The molecule has 0 unspecified atom stereocenters. The van der Waals surface area contributed by atoms with Crippen molar-refractivity contribution in [2.24, 2.45) is 0 Å². The van der Waals surface area contributed by atoms with E-state index in [1.165, 1.54) is 6.07 Å². The molecule has 0 saturated carbocycles. The zero-order chi connectivity index (χ0) is 10.8. The topological polar surface area (TPSA) is 43.1 Å². The number of non-ortho nitro benzene ring substituents is 1. The Morgan fingerprint density at radius 3 is 2.67 bits per heavy atom. The Kier molecular flexibility index (Phi) is 3.43. The first-order valence-corrected chi connectivity index (χ1v) is 6.83. The minimum Gasteiger partial charge on any atom is -0.258 e. The SMILES string of the molecule is O=[N+]([O-])c1ccc(Cl)c(C2SCCS2)c1. The van der Waals surface area contributed by atoms with Crippen LogP contribution in [-0.2, 0) is 0 Å². The van der Waals surface area contributed by atoms with Crippen molar-refractivity contribution in [2.45, 2.75) is 4.58 Å². The van der Waals surface area contributed by atoms with Gasteiger partial charge in [-0.2, -0.15) is 0 Å². The fraction of sp³-hybridized carbons (Fsp3) is 0.333. The predicted octanol–water partition coefficient (Wildman–Crippen LogP) is 3.73. The highest BCUT2D eigenvalue weighted by Gasteiger charge is 2.22. The van der Waals surface area contributed by atoms with Gasteiger partial charge in [-0.15, -0.1) is 23.5 Å². The lowest BCUT2D eigenvalue weighted by atomic mass is 10.2. The monoisotopic (exact) mass is 261 g/mol. The van der Waals surface area contributed by atoms with Crippen LogP contribution in [-0.4, -0.2) is 16.4 Å². The van der Waals surface area contributed by atoms with Gasteiger partial charge in [0.25, 0.3) is 5.69 Å². The molecule has 2 rings (SSSR count). The molecule has 0 aromatic heterocycles. The van der Waals surface area contributed by atoms with Crippen molar-refractivity contribution in [3.05, 3.63) is 38.9 Å². The molecule has 80 valence electrons. The number of nitro groups is 1. The molecule has 0 N–H and O–H groups in total. The smallest absolute Gasteiger partial charge is 0.258 e. The van der Waals surface area contributed by atoms with E-state index >= 15 is 0 Å². The first kappa shape index (κ1) is 11.1. The second-order valence-electron chi connectivity index (χ2n) is 3.04. The molecular weight excluding hydrogens is 254 g/mol. The van der Waals surface area contributed by atoms with Crippen LogP contribution in [0.5, 0.6) is 0 Å². The van der Waals surface area contributed by atoms with Crippen molar-refractivity contribution in [2.75, 3.05) is 11.5 Å². The summed E-state index contributed by atoms with van der Waals surface area (Å²) < 4.78 is 0.248. The van der Waals surface area contributed by atoms with E-state index in [1.54, 1.807) is 35.7 Å². The van der Waals surface area contributed by atoms with Crippen molar-refractivity contribution < 1.29 is 4.92 Å². The van der Waals surface area contributed by atoms with Gasteiger partial charge in [-0.3, -0.25) is 10.1 Å². The molecule has 1 saturated heterocycles. The summed E-state index contributed by atoms with van der Waals surface area (Å²) in [6, 6.07) is 4.63. The van der Waals surface area contributed by atoms with Gasteiger partial charge in [0, 0.05) is 34.2 Å².